The maximum absolute atomic E-state index is 13.2. The number of benzene rings is 3. The van der Waals surface area contributed by atoms with Crippen LogP contribution in [0.3, 0.4) is 0 Å². The molecule has 0 saturated carbocycles. The number of anilines is 1. The Kier molecular flexibility index (Phi) is 5.99. The van der Waals surface area contributed by atoms with Crippen LogP contribution in [-0.2, 0) is 9.59 Å². The Labute approximate surface area is 198 Å². The van der Waals surface area contributed by atoms with Gasteiger partial charge in [-0.25, -0.2) is 4.90 Å². The summed E-state index contributed by atoms with van der Waals surface area (Å²) in [6, 6.07) is 30.0. The molecule has 2 heterocycles. The molecule has 166 valence electrons. The molecular weight excluding hydrogens is 434 g/mol. The fourth-order valence-corrected chi connectivity index (χ4v) is 4.95. The van der Waals surface area contributed by atoms with Gasteiger partial charge in [-0.15, -0.1) is 0 Å². The maximum Gasteiger partial charge on any atom is 0.283 e. The van der Waals surface area contributed by atoms with E-state index in [1.54, 1.807) is 24.3 Å². The largest absolute Gasteiger partial charge is 0.363 e. The number of rotatable bonds is 5. The Morgan fingerprint density at radius 1 is 0.636 bits per heavy atom. The molecule has 0 atom stereocenters. The highest BCUT2D eigenvalue weighted by molar-refractivity contribution is 6.52. The summed E-state index contributed by atoms with van der Waals surface area (Å²) in [5.41, 5.74) is 3.31. The predicted molar refractivity (Wildman–Crippen MR) is 130 cm³/mol. The van der Waals surface area contributed by atoms with Crippen LogP contribution in [0.5, 0.6) is 0 Å². The molecule has 0 bridgehead atoms. The minimum absolute atomic E-state index is 0.0000261. The van der Waals surface area contributed by atoms with Gasteiger partial charge in [0.2, 0.25) is 0 Å². The predicted octanol–water partition coefficient (Wildman–Crippen LogP) is 4.42. The maximum atomic E-state index is 13.2. The van der Waals surface area contributed by atoms with E-state index in [1.807, 2.05) is 23.1 Å². The number of carbonyl (C=O) groups is 2. The van der Waals surface area contributed by atoms with E-state index in [2.05, 4.69) is 53.4 Å². The molecule has 0 radical (unpaired) electrons. The van der Waals surface area contributed by atoms with E-state index < -0.39 is 5.91 Å². The third-order valence-corrected chi connectivity index (χ3v) is 6.59. The molecule has 2 amide bonds. The highest BCUT2D eigenvalue weighted by Crippen LogP contribution is 2.34. The van der Waals surface area contributed by atoms with Crippen molar-refractivity contribution in [1.82, 2.24) is 9.80 Å². The summed E-state index contributed by atoms with van der Waals surface area (Å²) < 4.78 is 0. The molecule has 5 nitrogen and oxygen atoms in total. The van der Waals surface area contributed by atoms with Gasteiger partial charge in [0.1, 0.15) is 10.7 Å². The second kappa shape index (κ2) is 9.22. The van der Waals surface area contributed by atoms with E-state index in [-0.39, 0.29) is 17.0 Å². The van der Waals surface area contributed by atoms with Crippen LogP contribution < -0.4 is 4.90 Å². The number of carbonyl (C=O) groups excluding carboxylic acids is 2. The lowest BCUT2D eigenvalue weighted by Crippen LogP contribution is -2.48. The van der Waals surface area contributed by atoms with E-state index >= 15 is 0 Å². The molecule has 33 heavy (non-hydrogen) atoms. The lowest BCUT2D eigenvalue weighted by molar-refractivity contribution is -0.121. The Bertz CT molecular complexity index is 1130. The number of piperazine rings is 1. The van der Waals surface area contributed by atoms with Crippen molar-refractivity contribution in [2.75, 3.05) is 31.1 Å². The first kappa shape index (κ1) is 21.4. The standard InChI is InChI=1S/C27H24ClN3O2/c28-23-25(27(33)31(26(23)32)22-14-8-3-9-15-22)30-18-16-29(17-19-30)24(20-10-4-1-5-11-20)21-12-6-2-7-13-21/h1-15,24H,16-19H2. The van der Waals surface area contributed by atoms with Crippen molar-refractivity contribution < 1.29 is 9.59 Å². The van der Waals surface area contributed by atoms with Crippen LogP contribution in [0, 0.1) is 0 Å². The van der Waals surface area contributed by atoms with Crippen LogP contribution in [0.2, 0.25) is 0 Å². The Hall–Kier alpha value is -3.41. The summed E-state index contributed by atoms with van der Waals surface area (Å²) in [7, 11) is 0. The minimum Gasteiger partial charge on any atom is -0.363 e. The van der Waals surface area contributed by atoms with Crippen LogP contribution in [0.25, 0.3) is 0 Å². The summed E-state index contributed by atoms with van der Waals surface area (Å²) >= 11 is 6.40. The van der Waals surface area contributed by atoms with Gasteiger partial charge >= 0.3 is 0 Å². The van der Waals surface area contributed by atoms with Crippen molar-refractivity contribution in [1.29, 1.82) is 0 Å². The smallest absolute Gasteiger partial charge is 0.283 e. The molecule has 3 aromatic rings. The zero-order chi connectivity index (χ0) is 22.8. The highest BCUT2D eigenvalue weighted by Gasteiger charge is 2.42. The summed E-state index contributed by atoms with van der Waals surface area (Å²) in [5, 5.41) is -0.0000261. The number of para-hydroxylation sites is 1. The quantitative estimate of drug-likeness (QED) is 0.532. The molecule has 0 N–H and O–H groups in total. The SMILES string of the molecule is O=C1C(Cl)=C(N2CCN(C(c3ccccc3)c3ccccc3)CC2)C(=O)N1c1ccccc1. The number of amides is 2. The van der Waals surface area contributed by atoms with Crippen LogP contribution in [-0.4, -0.2) is 47.8 Å². The van der Waals surface area contributed by atoms with E-state index in [0.717, 1.165) is 13.1 Å². The van der Waals surface area contributed by atoms with Crippen molar-refractivity contribution in [2.45, 2.75) is 6.04 Å². The van der Waals surface area contributed by atoms with E-state index in [1.165, 1.54) is 16.0 Å². The molecular formula is C27H24ClN3O2. The second-order valence-corrected chi connectivity index (χ2v) is 8.57. The molecule has 5 rings (SSSR count). The summed E-state index contributed by atoms with van der Waals surface area (Å²) in [6.45, 7) is 2.72. The average Bonchev–Trinajstić information content (AvgIpc) is 3.09. The van der Waals surface area contributed by atoms with Crippen LogP contribution in [0.15, 0.2) is 102 Å². The number of imide groups is 1. The number of halogens is 1. The second-order valence-electron chi connectivity index (χ2n) is 8.19. The van der Waals surface area contributed by atoms with Gasteiger partial charge in [0.25, 0.3) is 11.8 Å². The topological polar surface area (TPSA) is 43.9 Å². The normalized spacial score (nSPS) is 17.4. The monoisotopic (exact) mass is 457 g/mol. The molecule has 1 fully saturated rings. The number of hydrogen-bond donors (Lipinski definition) is 0. The molecule has 3 aromatic carbocycles. The number of nitrogens with zero attached hydrogens (tertiary/aromatic N) is 3. The zero-order valence-corrected chi connectivity index (χ0v) is 18.9. The molecule has 0 aliphatic carbocycles. The van der Waals surface area contributed by atoms with Crippen LogP contribution in [0.1, 0.15) is 17.2 Å². The fourth-order valence-electron chi connectivity index (χ4n) is 4.67. The lowest BCUT2D eigenvalue weighted by Gasteiger charge is -2.40. The molecule has 2 aliphatic heterocycles. The van der Waals surface area contributed by atoms with Crippen molar-refractivity contribution >= 4 is 29.1 Å². The fraction of sp³-hybridized carbons (Fsp3) is 0.185. The van der Waals surface area contributed by atoms with Gasteiger partial charge in [-0.3, -0.25) is 14.5 Å². The molecule has 0 spiro atoms. The van der Waals surface area contributed by atoms with E-state index in [4.69, 9.17) is 11.6 Å². The van der Waals surface area contributed by atoms with Crippen molar-refractivity contribution in [3.63, 3.8) is 0 Å². The van der Waals surface area contributed by atoms with Gasteiger partial charge in [-0.1, -0.05) is 90.5 Å². The van der Waals surface area contributed by atoms with Gasteiger partial charge in [0.05, 0.1) is 11.7 Å². The van der Waals surface area contributed by atoms with Gasteiger partial charge in [-0.2, -0.15) is 0 Å². The van der Waals surface area contributed by atoms with Crippen LogP contribution >= 0.6 is 11.6 Å². The van der Waals surface area contributed by atoms with E-state index in [0.29, 0.717) is 24.5 Å². The van der Waals surface area contributed by atoms with Gasteiger partial charge in [-0.05, 0) is 23.3 Å². The van der Waals surface area contributed by atoms with Crippen molar-refractivity contribution in [3.05, 3.63) is 113 Å². The third kappa shape index (κ3) is 4.06. The Morgan fingerprint density at radius 3 is 1.64 bits per heavy atom. The van der Waals surface area contributed by atoms with Gasteiger partial charge < -0.3 is 4.90 Å². The molecule has 2 aliphatic rings. The van der Waals surface area contributed by atoms with Gasteiger partial charge in [0.15, 0.2) is 0 Å². The molecule has 6 heteroatoms. The summed E-state index contributed by atoms with van der Waals surface area (Å²) in [6.07, 6.45) is 0. The average molecular weight is 458 g/mol. The molecule has 0 unspecified atom stereocenters. The van der Waals surface area contributed by atoms with E-state index in [9.17, 15) is 9.59 Å². The summed E-state index contributed by atoms with van der Waals surface area (Å²) in [4.78, 5) is 31.5. The zero-order valence-electron chi connectivity index (χ0n) is 18.1. The molecule has 0 aromatic heterocycles. The summed E-state index contributed by atoms with van der Waals surface area (Å²) in [5.74, 6) is -0.816. The Balaban J connectivity index is 1.36. The highest BCUT2D eigenvalue weighted by atomic mass is 35.5. The van der Waals surface area contributed by atoms with Crippen molar-refractivity contribution in [3.8, 4) is 0 Å². The first-order valence-corrected chi connectivity index (χ1v) is 11.5. The van der Waals surface area contributed by atoms with Gasteiger partial charge in [0, 0.05) is 26.2 Å². The number of hydrogen-bond acceptors (Lipinski definition) is 4. The first-order chi connectivity index (χ1) is 16.1. The molecule has 1 saturated heterocycles. The first-order valence-electron chi connectivity index (χ1n) is 11.1. The Morgan fingerprint density at radius 2 is 1.12 bits per heavy atom. The lowest BCUT2D eigenvalue weighted by atomic mass is 9.96. The third-order valence-electron chi connectivity index (χ3n) is 6.25. The van der Waals surface area contributed by atoms with Crippen LogP contribution in [0.4, 0.5) is 5.69 Å². The van der Waals surface area contributed by atoms with Crippen molar-refractivity contribution in [2.24, 2.45) is 0 Å². The minimum atomic E-state index is -0.461.